The molecular weight excluding hydrogens is 365 g/mol. The molecule has 0 amide bonds. The Hall–Kier alpha value is -0.390. The quantitative estimate of drug-likeness (QED) is 0.725. The minimum absolute atomic E-state index is 0.299. The average Bonchev–Trinajstić information content (AvgIpc) is 2.78. The van der Waals surface area contributed by atoms with Gasteiger partial charge in [0.25, 0.3) is 0 Å². The first kappa shape index (κ1) is 15.0. The van der Waals surface area contributed by atoms with Gasteiger partial charge in [-0.1, -0.05) is 38.1 Å². The van der Waals surface area contributed by atoms with Crippen molar-refractivity contribution >= 4 is 33.9 Å². The summed E-state index contributed by atoms with van der Waals surface area (Å²) in [5, 5.41) is 5.65. The lowest BCUT2D eigenvalue weighted by Gasteiger charge is -2.16. The van der Waals surface area contributed by atoms with Crippen LogP contribution in [0, 0.1) is 8.80 Å². The van der Waals surface area contributed by atoms with E-state index in [2.05, 4.69) is 77.5 Å². The van der Waals surface area contributed by atoms with Crippen LogP contribution in [0.3, 0.4) is 0 Å². The van der Waals surface area contributed by atoms with Crippen LogP contribution >= 0.6 is 33.9 Å². The topological polar surface area (TPSA) is 12.0 Å². The number of hydrogen-bond donors (Lipinski definition) is 1. The molecule has 1 aromatic carbocycles. The van der Waals surface area contributed by atoms with Crippen molar-refractivity contribution < 1.29 is 0 Å². The molecule has 0 aliphatic carbocycles. The number of nitrogens with one attached hydrogen (secondary N) is 1. The van der Waals surface area contributed by atoms with Crippen molar-refractivity contribution in [3.8, 4) is 0 Å². The van der Waals surface area contributed by atoms with E-state index in [1.165, 1.54) is 19.6 Å². The second-order valence-electron chi connectivity index (χ2n) is 5.25. The molecule has 19 heavy (non-hydrogen) atoms. The predicted octanol–water partition coefficient (Wildman–Crippen LogP) is 4.86. The van der Waals surface area contributed by atoms with Gasteiger partial charge in [0.2, 0.25) is 0 Å². The van der Waals surface area contributed by atoms with Crippen molar-refractivity contribution in [1.82, 2.24) is 5.32 Å². The highest BCUT2D eigenvalue weighted by atomic mass is 127. The largest absolute Gasteiger partial charge is 0.309 e. The van der Waals surface area contributed by atoms with E-state index in [0.717, 1.165) is 6.42 Å². The molecule has 0 bridgehead atoms. The molecule has 1 N–H and O–H groups in total. The van der Waals surface area contributed by atoms with Crippen LogP contribution in [0.5, 0.6) is 0 Å². The van der Waals surface area contributed by atoms with Crippen molar-refractivity contribution in [3.63, 3.8) is 0 Å². The molecule has 0 saturated heterocycles. The van der Waals surface area contributed by atoms with Crippen LogP contribution < -0.4 is 5.32 Å². The Balaban J connectivity index is 2.19. The summed E-state index contributed by atoms with van der Waals surface area (Å²) < 4.78 is 1.34. The zero-order valence-corrected chi connectivity index (χ0v) is 14.6. The SMILES string of the molecule is CNC(c1ccc(CC(C)C)cc1)c1csc(I)c1. The first-order chi connectivity index (χ1) is 9.10. The smallest absolute Gasteiger partial charge is 0.0656 e. The van der Waals surface area contributed by atoms with Crippen LogP contribution in [0.25, 0.3) is 0 Å². The number of benzene rings is 1. The van der Waals surface area contributed by atoms with Gasteiger partial charge in [0.15, 0.2) is 0 Å². The molecule has 1 aromatic heterocycles. The van der Waals surface area contributed by atoms with E-state index >= 15 is 0 Å². The molecule has 1 unspecified atom stereocenters. The van der Waals surface area contributed by atoms with Crippen molar-refractivity contribution in [3.05, 3.63) is 55.3 Å². The van der Waals surface area contributed by atoms with E-state index in [1.54, 1.807) is 11.3 Å². The van der Waals surface area contributed by atoms with Gasteiger partial charge in [-0.15, -0.1) is 11.3 Å². The number of thiophene rings is 1. The first-order valence-corrected chi connectivity index (χ1v) is 8.56. The molecule has 0 saturated carbocycles. The second-order valence-corrected chi connectivity index (χ2v) is 8.05. The van der Waals surface area contributed by atoms with E-state index in [1.807, 2.05) is 7.05 Å². The van der Waals surface area contributed by atoms with Gasteiger partial charge in [0, 0.05) is 0 Å². The van der Waals surface area contributed by atoms with Gasteiger partial charge < -0.3 is 5.32 Å². The highest BCUT2D eigenvalue weighted by molar-refractivity contribution is 14.1. The fourth-order valence-electron chi connectivity index (χ4n) is 2.32. The van der Waals surface area contributed by atoms with Crippen LogP contribution in [0.15, 0.2) is 35.7 Å². The van der Waals surface area contributed by atoms with E-state index < -0.39 is 0 Å². The van der Waals surface area contributed by atoms with Crippen LogP contribution in [0.1, 0.15) is 36.6 Å². The molecule has 0 spiro atoms. The summed E-state index contributed by atoms with van der Waals surface area (Å²) >= 11 is 4.18. The van der Waals surface area contributed by atoms with Crippen molar-refractivity contribution in [2.45, 2.75) is 26.3 Å². The minimum atomic E-state index is 0.299. The molecule has 0 aliphatic rings. The third-order valence-corrected chi connectivity index (χ3v) is 4.97. The van der Waals surface area contributed by atoms with Crippen molar-refractivity contribution in [1.29, 1.82) is 0 Å². The fourth-order valence-corrected chi connectivity index (χ4v) is 3.72. The summed E-state index contributed by atoms with van der Waals surface area (Å²) in [5.41, 5.74) is 4.12. The molecule has 3 heteroatoms. The fraction of sp³-hybridized carbons (Fsp3) is 0.375. The molecule has 1 atom stereocenters. The molecule has 1 heterocycles. The van der Waals surface area contributed by atoms with Gasteiger partial charge in [-0.2, -0.15) is 0 Å². The summed E-state index contributed by atoms with van der Waals surface area (Å²) in [6, 6.07) is 11.6. The monoisotopic (exact) mass is 385 g/mol. The average molecular weight is 385 g/mol. The summed E-state index contributed by atoms with van der Waals surface area (Å²) in [6.45, 7) is 4.52. The number of halogens is 1. The third kappa shape index (κ3) is 4.04. The van der Waals surface area contributed by atoms with Gasteiger partial charge in [0.1, 0.15) is 0 Å². The van der Waals surface area contributed by atoms with E-state index in [4.69, 9.17) is 0 Å². The molecule has 0 aliphatic heterocycles. The second kappa shape index (κ2) is 6.86. The molecule has 2 aromatic rings. The van der Waals surface area contributed by atoms with Gasteiger partial charge in [-0.25, -0.2) is 0 Å². The summed E-state index contributed by atoms with van der Waals surface area (Å²) in [6.07, 6.45) is 1.15. The third-order valence-electron chi connectivity index (χ3n) is 3.17. The first-order valence-electron chi connectivity index (χ1n) is 6.60. The van der Waals surface area contributed by atoms with Gasteiger partial charge in [0.05, 0.1) is 8.93 Å². The Morgan fingerprint density at radius 3 is 2.32 bits per heavy atom. The Morgan fingerprint density at radius 1 is 1.16 bits per heavy atom. The molecular formula is C16H20INS. The summed E-state index contributed by atoms with van der Waals surface area (Å²) in [5.74, 6) is 0.712. The molecule has 0 radical (unpaired) electrons. The standard InChI is InChI=1S/C16H20INS/c1-11(2)8-12-4-6-13(7-5-12)16(18-3)14-9-15(17)19-10-14/h4-7,9-11,16,18H,8H2,1-3H3. The van der Waals surface area contributed by atoms with Crippen LogP contribution in [-0.4, -0.2) is 7.05 Å². The van der Waals surface area contributed by atoms with E-state index in [-0.39, 0.29) is 0 Å². The Kier molecular flexibility index (Phi) is 5.42. The lowest BCUT2D eigenvalue weighted by molar-refractivity contribution is 0.646. The number of hydrogen-bond acceptors (Lipinski definition) is 2. The maximum atomic E-state index is 3.41. The predicted molar refractivity (Wildman–Crippen MR) is 92.9 cm³/mol. The highest BCUT2D eigenvalue weighted by Gasteiger charge is 2.13. The lowest BCUT2D eigenvalue weighted by atomic mass is 9.97. The zero-order valence-electron chi connectivity index (χ0n) is 11.6. The molecule has 2 rings (SSSR count). The molecule has 0 fully saturated rings. The van der Waals surface area contributed by atoms with E-state index in [9.17, 15) is 0 Å². The van der Waals surface area contributed by atoms with Crippen molar-refractivity contribution in [2.75, 3.05) is 7.05 Å². The number of rotatable bonds is 5. The van der Waals surface area contributed by atoms with Gasteiger partial charge >= 0.3 is 0 Å². The molecule has 102 valence electrons. The molecule has 1 nitrogen and oxygen atoms in total. The van der Waals surface area contributed by atoms with E-state index in [0.29, 0.717) is 12.0 Å². The minimum Gasteiger partial charge on any atom is -0.309 e. The highest BCUT2D eigenvalue weighted by Crippen LogP contribution is 2.27. The van der Waals surface area contributed by atoms with Crippen LogP contribution in [0.4, 0.5) is 0 Å². The normalized spacial score (nSPS) is 12.9. The maximum Gasteiger partial charge on any atom is 0.0656 e. The Morgan fingerprint density at radius 2 is 1.84 bits per heavy atom. The summed E-state index contributed by atoms with van der Waals surface area (Å²) in [7, 11) is 2.03. The van der Waals surface area contributed by atoms with Crippen LogP contribution in [0.2, 0.25) is 0 Å². The maximum absolute atomic E-state index is 3.41. The van der Waals surface area contributed by atoms with Crippen molar-refractivity contribution in [2.24, 2.45) is 5.92 Å². The lowest BCUT2D eigenvalue weighted by Crippen LogP contribution is -2.16. The van der Waals surface area contributed by atoms with Gasteiger partial charge in [-0.05, 0) is 70.1 Å². The Bertz CT molecular complexity index is 516. The zero-order chi connectivity index (χ0) is 13.8. The van der Waals surface area contributed by atoms with Gasteiger partial charge in [-0.3, -0.25) is 0 Å². The van der Waals surface area contributed by atoms with Crippen LogP contribution in [-0.2, 0) is 6.42 Å². The Labute approximate surface area is 133 Å². The summed E-state index contributed by atoms with van der Waals surface area (Å²) in [4.78, 5) is 0.